The lowest BCUT2D eigenvalue weighted by Gasteiger charge is -2.25. The maximum Gasteiger partial charge on any atom is 0.123 e. The van der Waals surface area contributed by atoms with Crippen LogP contribution in [0.15, 0.2) is 18.2 Å². The zero-order chi connectivity index (χ0) is 14.4. The Balaban J connectivity index is 1.98. The van der Waals surface area contributed by atoms with E-state index in [1.807, 2.05) is 12.1 Å². The first-order valence-electron chi connectivity index (χ1n) is 7.70. The summed E-state index contributed by atoms with van der Waals surface area (Å²) in [6, 6.07) is 6.27. The minimum Gasteiger partial charge on any atom is -0.497 e. The Labute approximate surface area is 122 Å². The average Bonchev–Trinajstić information content (AvgIpc) is 2.52. The van der Waals surface area contributed by atoms with Crippen molar-refractivity contribution in [1.29, 1.82) is 0 Å². The lowest BCUT2D eigenvalue weighted by Crippen LogP contribution is -2.27. The van der Waals surface area contributed by atoms with Gasteiger partial charge in [-0.2, -0.15) is 0 Å². The number of hydrogen-bond acceptors (Lipinski definition) is 3. The van der Waals surface area contributed by atoms with E-state index in [0.29, 0.717) is 0 Å². The van der Waals surface area contributed by atoms with Gasteiger partial charge in [-0.3, -0.25) is 0 Å². The maximum absolute atomic E-state index is 5.46. The van der Waals surface area contributed by atoms with Crippen LogP contribution in [0.25, 0.3) is 0 Å². The van der Waals surface area contributed by atoms with Gasteiger partial charge in [0.05, 0.1) is 14.2 Å². The molecule has 0 aromatic heterocycles. The van der Waals surface area contributed by atoms with Gasteiger partial charge in [0, 0.05) is 11.6 Å². The minimum absolute atomic E-state index is 0.280. The molecule has 1 unspecified atom stereocenters. The van der Waals surface area contributed by atoms with Crippen LogP contribution in [0.4, 0.5) is 0 Å². The Bertz CT molecular complexity index is 413. The molecule has 1 aliphatic carbocycles. The molecular weight excluding hydrogens is 250 g/mol. The van der Waals surface area contributed by atoms with Crippen molar-refractivity contribution < 1.29 is 9.47 Å². The summed E-state index contributed by atoms with van der Waals surface area (Å²) in [5.74, 6) is 2.64. The van der Waals surface area contributed by atoms with Gasteiger partial charge in [-0.25, -0.2) is 0 Å². The van der Waals surface area contributed by atoms with E-state index in [2.05, 4.69) is 18.3 Å². The Kier molecular flexibility index (Phi) is 5.72. The molecule has 20 heavy (non-hydrogen) atoms. The minimum atomic E-state index is 0.280. The molecule has 0 saturated heterocycles. The second kappa shape index (κ2) is 7.53. The van der Waals surface area contributed by atoms with Crippen LogP contribution < -0.4 is 14.8 Å². The number of hydrogen-bond donors (Lipinski definition) is 1. The lowest BCUT2D eigenvalue weighted by atomic mass is 9.89. The predicted octanol–water partition coefficient (Wildman–Crippen LogP) is 3.93. The molecule has 0 spiro atoms. The smallest absolute Gasteiger partial charge is 0.123 e. The highest BCUT2D eigenvalue weighted by atomic mass is 16.5. The van der Waals surface area contributed by atoms with E-state index in [-0.39, 0.29) is 6.04 Å². The van der Waals surface area contributed by atoms with Gasteiger partial charge in [0.15, 0.2) is 0 Å². The van der Waals surface area contributed by atoms with Crippen molar-refractivity contribution in [2.24, 2.45) is 5.92 Å². The fraction of sp³-hybridized carbons (Fsp3) is 0.647. The van der Waals surface area contributed by atoms with Crippen LogP contribution >= 0.6 is 0 Å². The molecule has 0 amide bonds. The molecule has 112 valence electrons. The molecule has 1 atom stereocenters. The maximum atomic E-state index is 5.46. The highest BCUT2D eigenvalue weighted by molar-refractivity contribution is 5.42. The third-order valence-electron chi connectivity index (χ3n) is 4.34. The number of ether oxygens (including phenoxy) is 2. The summed E-state index contributed by atoms with van der Waals surface area (Å²) in [7, 11) is 3.42. The molecule has 1 aromatic carbocycles. The molecule has 0 heterocycles. The number of rotatable bonds is 6. The van der Waals surface area contributed by atoms with Crippen LogP contribution in [-0.4, -0.2) is 20.8 Å². The molecule has 1 aliphatic rings. The van der Waals surface area contributed by atoms with Gasteiger partial charge in [-0.1, -0.05) is 19.3 Å². The van der Waals surface area contributed by atoms with Crippen molar-refractivity contribution in [3.05, 3.63) is 23.8 Å². The Morgan fingerprint density at radius 1 is 1.15 bits per heavy atom. The highest BCUT2D eigenvalue weighted by Gasteiger charge is 2.17. The molecule has 1 fully saturated rings. The number of methoxy groups -OCH3 is 2. The quantitative estimate of drug-likeness (QED) is 0.854. The zero-order valence-corrected chi connectivity index (χ0v) is 12.9. The summed E-state index contributed by atoms with van der Waals surface area (Å²) in [4.78, 5) is 0. The molecule has 2 rings (SSSR count). The second-order valence-electron chi connectivity index (χ2n) is 5.74. The summed E-state index contributed by atoms with van der Waals surface area (Å²) < 4.78 is 10.8. The van der Waals surface area contributed by atoms with Gasteiger partial charge in [-0.05, 0) is 50.4 Å². The largest absolute Gasteiger partial charge is 0.497 e. The molecule has 1 N–H and O–H groups in total. The van der Waals surface area contributed by atoms with Crippen molar-refractivity contribution in [1.82, 2.24) is 5.32 Å². The first-order chi connectivity index (χ1) is 9.74. The standard InChI is InChI=1S/C17H27NO2/c1-13(18-12-14-7-5-4-6-8-14)16-11-15(19-2)9-10-17(16)20-3/h9-11,13-14,18H,4-8,12H2,1-3H3. The van der Waals surface area contributed by atoms with Crippen molar-refractivity contribution in [2.45, 2.75) is 45.1 Å². The summed E-state index contributed by atoms with van der Waals surface area (Å²) in [6.07, 6.45) is 6.94. The van der Waals surface area contributed by atoms with Crippen molar-refractivity contribution >= 4 is 0 Å². The van der Waals surface area contributed by atoms with Crippen LogP contribution in [0.1, 0.15) is 50.6 Å². The van der Waals surface area contributed by atoms with Crippen LogP contribution in [0.3, 0.4) is 0 Å². The van der Waals surface area contributed by atoms with Gasteiger partial charge < -0.3 is 14.8 Å². The second-order valence-corrected chi connectivity index (χ2v) is 5.74. The normalized spacial score (nSPS) is 17.8. The third kappa shape index (κ3) is 3.89. The van der Waals surface area contributed by atoms with E-state index in [1.54, 1.807) is 14.2 Å². The van der Waals surface area contributed by atoms with E-state index in [9.17, 15) is 0 Å². The molecule has 0 aliphatic heterocycles. The first-order valence-corrected chi connectivity index (χ1v) is 7.70. The SMILES string of the molecule is COc1ccc(OC)c(C(C)NCC2CCCCC2)c1. The van der Waals surface area contributed by atoms with E-state index < -0.39 is 0 Å². The Hall–Kier alpha value is -1.22. The molecule has 3 heteroatoms. The van der Waals surface area contributed by atoms with Crippen molar-refractivity contribution in [3.8, 4) is 11.5 Å². The van der Waals surface area contributed by atoms with Crippen LogP contribution in [0, 0.1) is 5.92 Å². The monoisotopic (exact) mass is 277 g/mol. The van der Waals surface area contributed by atoms with E-state index >= 15 is 0 Å². The summed E-state index contributed by atoms with van der Waals surface area (Å²) in [5, 5.41) is 3.66. The average molecular weight is 277 g/mol. The third-order valence-corrected chi connectivity index (χ3v) is 4.34. The van der Waals surface area contributed by atoms with E-state index in [1.165, 1.54) is 37.7 Å². The summed E-state index contributed by atoms with van der Waals surface area (Å²) >= 11 is 0. The molecular formula is C17H27NO2. The van der Waals surface area contributed by atoms with Gasteiger partial charge in [0.2, 0.25) is 0 Å². The van der Waals surface area contributed by atoms with E-state index in [4.69, 9.17) is 9.47 Å². The molecule has 1 saturated carbocycles. The fourth-order valence-corrected chi connectivity index (χ4v) is 3.02. The zero-order valence-electron chi connectivity index (χ0n) is 12.9. The molecule has 3 nitrogen and oxygen atoms in total. The Morgan fingerprint density at radius 2 is 1.90 bits per heavy atom. The van der Waals surface area contributed by atoms with Gasteiger partial charge in [0.1, 0.15) is 11.5 Å². The van der Waals surface area contributed by atoms with Crippen LogP contribution in [0.5, 0.6) is 11.5 Å². The topological polar surface area (TPSA) is 30.5 Å². The van der Waals surface area contributed by atoms with Gasteiger partial charge in [0.25, 0.3) is 0 Å². The van der Waals surface area contributed by atoms with Gasteiger partial charge >= 0.3 is 0 Å². The highest BCUT2D eigenvalue weighted by Crippen LogP contribution is 2.30. The van der Waals surface area contributed by atoms with Crippen LogP contribution in [0.2, 0.25) is 0 Å². The number of nitrogens with one attached hydrogen (secondary N) is 1. The fourth-order valence-electron chi connectivity index (χ4n) is 3.02. The van der Waals surface area contributed by atoms with E-state index in [0.717, 1.165) is 24.0 Å². The molecule has 1 aromatic rings. The predicted molar refractivity (Wildman–Crippen MR) is 82.5 cm³/mol. The molecule has 0 bridgehead atoms. The number of benzene rings is 1. The summed E-state index contributed by atoms with van der Waals surface area (Å²) in [5.41, 5.74) is 1.17. The summed E-state index contributed by atoms with van der Waals surface area (Å²) in [6.45, 7) is 3.29. The first kappa shape index (κ1) is 15.2. The van der Waals surface area contributed by atoms with Crippen molar-refractivity contribution in [2.75, 3.05) is 20.8 Å². The van der Waals surface area contributed by atoms with Crippen molar-refractivity contribution in [3.63, 3.8) is 0 Å². The Morgan fingerprint density at radius 3 is 2.55 bits per heavy atom. The molecule has 0 radical (unpaired) electrons. The van der Waals surface area contributed by atoms with Gasteiger partial charge in [-0.15, -0.1) is 0 Å². The lowest BCUT2D eigenvalue weighted by molar-refractivity contribution is 0.328. The van der Waals surface area contributed by atoms with Crippen LogP contribution in [-0.2, 0) is 0 Å².